The van der Waals surface area contributed by atoms with Gasteiger partial charge in [-0.15, -0.1) is 10.2 Å². The van der Waals surface area contributed by atoms with E-state index in [4.69, 9.17) is 9.73 Å². The molecule has 32 heavy (non-hydrogen) atoms. The average Bonchev–Trinajstić information content (AvgIpc) is 3.20. The maximum Gasteiger partial charge on any atom is 0.338 e. The zero-order valence-corrected chi connectivity index (χ0v) is 19.4. The standard InChI is InChI=1S/C20H24BrFN8O2/c1-3-32-19(31)17-16(11-29-8-6-23-7-9-29)24-20(30-27-12(2)26-28-30)25-18(17)14-5-4-13(22)10-15(14)21/h4-5,10,18,23H,3,6-9,11H2,1-2H3,(H,24,25). The molecule has 0 bridgehead atoms. The molecule has 1 aromatic heterocycles. The number of hydrogen-bond acceptors (Lipinski definition) is 9. The summed E-state index contributed by atoms with van der Waals surface area (Å²) in [5.74, 6) is -0.0604. The number of benzene rings is 1. The molecular weight excluding hydrogens is 483 g/mol. The topological polar surface area (TPSA) is 110 Å². The lowest BCUT2D eigenvalue weighted by Gasteiger charge is -2.32. The van der Waals surface area contributed by atoms with Crippen LogP contribution in [0.5, 0.6) is 0 Å². The molecular formula is C20H24BrFN8O2. The molecule has 0 amide bonds. The van der Waals surface area contributed by atoms with Crippen molar-refractivity contribution >= 4 is 27.9 Å². The Morgan fingerprint density at radius 3 is 2.78 bits per heavy atom. The van der Waals surface area contributed by atoms with Gasteiger partial charge in [-0.2, -0.15) is 0 Å². The van der Waals surface area contributed by atoms with E-state index in [0.717, 1.165) is 26.2 Å². The van der Waals surface area contributed by atoms with Crippen molar-refractivity contribution in [1.29, 1.82) is 0 Å². The Hall–Kier alpha value is -2.70. The maximum absolute atomic E-state index is 13.8. The van der Waals surface area contributed by atoms with Gasteiger partial charge in [0.1, 0.15) is 11.9 Å². The van der Waals surface area contributed by atoms with Crippen LogP contribution in [0.2, 0.25) is 0 Å². The summed E-state index contributed by atoms with van der Waals surface area (Å²) in [7, 11) is 0. The van der Waals surface area contributed by atoms with Crippen LogP contribution in [0.15, 0.2) is 38.9 Å². The number of hydrogen-bond donors (Lipinski definition) is 2. The van der Waals surface area contributed by atoms with Crippen LogP contribution in [0.25, 0.3) is 0 Å². The van der Waals surface area contributed by atoms with Crippen LogP contribution < -0.4 is 10.6 Å². The minimum atomic E-state index is -0.746. The van der Waals surface area contributed by atoms with Gasteiger partial charge in [-0.05, 0) is 36.8 Å². The van der Waals surface area contributed by atoms with Crippen LogP contribution >= 0.6 is 15.9 Å². The van der Waals surface area contributed by atoms with Gasteiger partial charge in [-0.3, -0.25) is 4.90 Å². The van der Waals surface area contributed by atoms with Gasteiger partial charge in [-0.25, -0.2) is 14.2 Å². The molecule has 12 heteroatoms. The Morgan fingerprint density at radius 1 is 1.34 bits per heavy atom. The third kappa shape index (κ3) is 4.87. The molecule has 170 valence electrons. The number of carbonyl (C=O) groups excluding carboxylic acids is 1. The van der Waals surface area contributed by atoms with E-state index >= 15 is 0 Å². The van der Waals surface area contributed by atoms with Crippen molar-refractivity contribution in [1.82, 2.24) is 35.7 Å². The lowest BCUT2D eigenvalue weighted by molar-refractivity contribution is -0.139. The van der Waals surface area contributed by atoms with E-state index in [-0.39, 0.29) is 6.61 Å². The number of aryl methyl sites for hydroxylation is 1. The molecule has 2 aliphatic heterocycles. The van der Waals surface area contributed by atoms with Crippen molar-refractivity contribution in [2.75, 3.05) is 39.3 Å². The predicted octanol–water partition coefficient (Wildman–Crippen LogP) is 1.15. The molecule has 2 aromatic rings. The third-order valence-electron chi connectivity index (χ3n) is 5.16. The van der Waals surface area contributed by atoms with Gasteiger partial charge >= 0.3 is 5.97 Å². The zero-order chi connectivity index (χ0) is 22.7. The molecule has 1 unspecified atom stereocenters. The highest BCUT2D eigenvalue weighted by molar-refractivity contribution is 9.10. The van der Waals surface area contributed by atoms with E-state index in [1.807, 2.05) is 0 Å². The number of carbonyl (C=O) groups is 1. The minimum Gasteiger partial charge on any atom is -0.463 e. The second-order valence-electron chi connectivity index (χ2n) is 7.41. The van der Waals surface area contributed by atoms with Gasteiger partial charge in [0.05, 0.1) is 12.2 Å². The number of esters is 1. The molecule has 1 atom stereocenters. The van der Waals surface area contributed by atoms with Crippen molar-refractivity contribution in [2.45, 2.75) is 19.9 Å². The maximum atomic E-state index is 13.8. The van der Waals surface area contributed by atoms with E-state index in [0.29, 0.717) is 39.6 Å². The van der Waals surface area contributed by atoms with Gasteiger partial charge in [0, 0.05) is 42.9 Å². The summed E-state index contributed by atoms with van der Waals surface area (Å²) in [5.41, 5.74) is 1.65. The Morgan fingerprint density at radius 2 is 2.12 bits per heavy atom. The van der Waals surface area contributed by atoms with E-state index in [1.54, 1.807) is 19.9 Å². The van der Waals surface area contributed by atoms with Gasteiger partial charge in [0.15, 0.2) is 5.82 Å². The fraction of sp³-hybridized carbons (Fsp3) is 0.450. The number of nitrogens with one attached hydrogen (secondary N) is 2. The molecule has 1 aromatic carbocycles. The van der Waals surface area contributed by atoms with E-state index in [9.17, 15) is 9.18 Å². The van der Waals surface area contributed by atoms with E-state index in [1.165, 1.54) is 16.9 Å². The summed E-state index contributed by atoms with van der Waals surface area (Å²) in [6.45, 7) is 7.57. The predicted molar refractivity (Wildman–Crippen MR) is 118 cm³/mol. The Kier molecular flexibility index (Phi) is 6.92. The monoisotopic (exact) mass is 506 g/mol. The number of aromatic nitrogens is 4. The molecule has 2 N–H and O–H groups in total. The fourth-order valence-electron chi connectivity index (χ4n) is 3.67. The van der Waals surface area contributed by atoms with Gasteiger partial charge in [-0.1, -0.05) is 26.8 Å². The van der Waals surface area contributed by atoms with E-state index < -0.39 is 17.8 Å². The molecule has 1 fully saturated rings. The summed E-state index contributed by atoms with van der Waals surface area (Å²) < 4.78 is 19.7. The van der Waals surface area contributed by atoms with Crippen molar-refractivity contribution in [3.05, 3.63) is 51.1 Å². The number of piperazine rings is 1. The Balaban J connectivity index is 1.82. The first-order valence-corrected chi connectivity index (χ1v) is 11.2. The highest BCUT2D eigenvalue weighted by atomic mass is 79.9. The molecule has 4 rings (SSSR count). The second-order valence-corrected chi connectivity index (χ2v) is 8.27. The van der Waals surface area contributed by atoms with Crippen molar-refractivity contribution in [3.63, 3.8) is 0 Å². The molecule has 1 saturated heterocycles. The summed E-state index contributed by atoms with van der Waals surface area (Å²) >= 11 is 3.42. The number of aliphatic imine (C=N–C) groups is 1. The molecule has 0 radical (unpaired) electrons. The van der Waals surface area contributed by atoms with Crippen LogP contribution in [-0.2, 0) is 9.53 Å². The molecule has 0 spiro atoms. The highest BCUT2D eigenvalue weighted by Crippen LogP contribution is 2.36. The number of halogens is 2. The van der Waals surface area contributed by atoms with Crippen molar-refractivity contribution in [3.8, 4) is 0 Å². The second kappa shape index (κ2) is 9.84. The molecule has 10 nitrogen and oxygen atoms in total. The van der Waals surface area contributed by atoms with Crippen molar-refractivity contribution < 1.29 is 13.9 Å². The Bertz CT molecular complexity index is 1060. The summed E-state index contributed by atoms with van der Waals surface area (Å²) in [4.78, 5) is 21.3. The SMILES string of the molecule is CCOC(=O)C1=C(CN2CCNCC2)NC(n2nnc(C)n2)=NC1c1ccc(F)cc1Br. The van der Waals surface area contributed by atoms with Crippen LogP contribution in [-0.4, -0.2) is 76.4 Å². The molecule has 3 heterocycles. The van der Waals surface area contributed by atoms with E-state index in [2.05, 4.69) is 46.9 Å². The zero-order valence-electron chi connectivity index (χ0n) is 17.8. The fourth-order valence-corrected chi connectivity index (χ4v) is 4.24. The number of ether oxygens (including phenoxy) is 1. The van der Waals surface area contributed by atoms with Crippen LogP contribution in [0.4, 0.5) is 4.39 Å². The van der Waals surface area contributed by atoms with Crippen molar-refractivity contribution in [2.24, 2.45) is 4.99 Å². The highest BCUT2D eigenvalue weighted by Gasteiger charge is 2.34. The largest absolute Gasteiger partial charge is 0.463 e. The van der Waals surface area contributed by atoms with Gasteiger partial charge in [0.25, 0.3) is 0 Å². The molecule has 0 saturated carbocycles. The van der Waals surface area contributed by atoms with Crippen LogP contribution in [0.1, 0.15) is 24.4 Å². The summed E-state index contributed by atoms with van der Waals surface area (Å²) in [5, 5.41) is 18.8. The van der Waals surface area contributed by atoms with Crippen LogP contribution in [0.3, 0.4) is 0 Å². The summed E-state index contributed by atoms with van der Waals surface area (Å²) in [6, 6.07) is 3.56. The average molecular weight is 507 g/mol. The first kappa shape index (κ1) is 22.5. The molecule has 0 aliphatic carbocycles. The first-order chi connectivity index (χ1) is 15.5. The lowest BCUT2D eigenvalue weighted by atomic mass is 9.95. The normalized spacial score (nSPS) is 19.5. The van der Waals surface area contributed by atoms with Gasteiger partial charge in [0.2, 0.25) is 5.96 Å². The third-order valence-corrected chi connectivity index (χ3v) is 5.85. The molecule has 2 aliphatic rings. The van der Waals surface area contributed by atoms with Gasteiger partial charge < -0.3 is 15.4 Å². The quantitative estimate of drug-likeness (QED) is 0.581. The first-order valence-electron chi connectivity index (χ1n) is 10.4. The number of tetrazole rings is 1. The smallest absolute Gasteiger partial charge is 0.338 e. The Labute approximate surface area is 193 Å². The number of rotatable bonds is 5. The number of nitrogens with zero attached hydrogens (tertiary/aromatic N) is 6. The van der Waals surface area contributed by atoms with Crippen LogP contribution in [0, 0.1) is 12.7 Å². The summed E-state index contributed by atoms with van der Waals surface area (Å²) in [6.07, 6.45) is 0. The lowest BCUT2D eigenvalue weighted by Crippen LogP contribution is -2.48. The minimum absolute atomic E-state index is 0.223.